The first-order valence-electron chi connectivity index (χ1n) is 4.46. The van der Waals surface area contributed by atoms with Crippen LogP contribution in [-0.4, -0.2) is 18.1 Å². The summed E-state index contributed by atoms with van der Waals surface area (Å²) in [6.45, 7) is 1.38. The molecule has 6 heteroatoms. The Kier molecular flexibility index (Phi) is 3.87. The fraction of sp³-hybridized carbons (Fsp3) is 0.400. The van der Waals surface area contributed by atoms with E-state index >= 15 is 0 Å². The number of aromatic nitrogens is 1. The highest BCUT2D eigenvalue weighted by molar-refractivity contribution is 5.73. The molecule has 0 radical (unpaired) electrons. The second-order valence-corrected chi connectivity index (χ2v) is 3.18. The van der Waals surface area contributed by atoms with Gasteiger partial charge in [-0.05, 0) is 12.5 Å². The van der Waals surface area contributed by atoms with E-state index in [-0.39, 0.29) is 5.56 Å². The third-order valence-electron chi connectivity index (χ3n) is 2.14. The summed E-state index contributed by atoms with van der Waals surface area (Å²) in [6, 6.07) is 0. The number of methoxy groups -OCH3 is 1. The highest BCUT2D eigenvalue weighted by atomic mass is 19.3. The van der Waals surface area contributed by atoms with Crippen LogP contribution in [0.3, 0.4) is 0 Å². The van der Waals surface area contributed by atoms with Crippen LogP contribution in [-0.2, 0) is 16.0 Å². The van der Waals surface area contributed by atoms with Gasteiger partial charge in [0.05, 0.1) is 13.5 Å². The smallest absolute Gasteiger partial charge is 0.310 e. The number of nitrogens with zero attached hydrogens (tertiary/aromatic N) is 1. The largest absolute Gasteiger partial charge is 0.469 e. The van der Waals surface area contributed by atoms with Crippen molar-refractivity contribution in [3.8, 4) is 0 Å². The molecule has 0 unspecified atom stereocenters. The molecule has 0 N–H and O–H groups in total. The number of hydrogen-bond donors (Lipinski definition) is 0. The molecule has 0 saturated carbocycles. The summed E-state index contributed by atoms with van der Waals surface area (Å²) < 4.78 is 42.9. The SMILES string of the molecule is COC(=O)Cc1c(F)ncc(C)c1C(F)F. The van der Waals surface area contributed by atoms with Crippen molar-refractivity contribution in [2.45, 2.75) is 19.8 Å². The van der Waals surface area contributed by atoms with E-state index in [9.17, 15) is 18.0 Å². The van der Waals surface area contributed by atoms with Crippen molar-refractivity contribution in [1.29, 1.82) is 0 Å². The Labute approximate surface area is 90.2 Å². The third-order valence-corrected chi connectivity index (χ3v) is 2.14. The molecule has 16 heavy (non-hydrogen) atoms. The number of aryl methyl sites for hydroxylation is 1. The van der Waals surface area contributed by atoms with Gasteiger partial charge in [0.25, 0.3) is 6.43 Å². The predicted octanol–water partition coefficient (Wildman–Crippen LogP) is 2.18. The minimum absolute atomic E-state index is 0.148. The van der Waals surface area contributed by atoms with Crippen molar-refractivity contribution in [1.82, 2.24) is 4.98 Å². The van der Waals surface area contributed by atoms with Gasteiger partial charge >= 0.3 is 5.97 Å². The lowest BCUT2D eigenvalue weighted by molar-refractivity contribution is -0.139. The van der Waals surface area contributed by atoms with E-state index in [1.165, 1.54) is 6.92 Å². The van der Waals surface area contributed by atoms with Crippen LogP contribution in [0.2, 0.25) is 0 Å². The standard InChI is InChI=1S/C10H10F3NO2/c1-5-4-14-10(13)6(3-7(15)16-2)8(5)9(11)12/h4,9H,3H2,1-2H3. The Morgan fingerprint density at radius 1 is 1.56 bits per heavy atom. The molecule has 1 aromatic rings. The van der Waals surface area contributed by atoms with Gasteiger partial charge in [-0.25, -0.2) is 13.8 Å². The maximum atomic E-state index is 13.2. The number of halogens is 3. The van der Waals surface area contributed by atoms with Crippen molar-refractivity contribution < 1.29 is 22.7 Å². The molecule has 0 bridgehead atoms. The number of alkyl halides is 2. The molecular formula is C10H10F3NO2. The number of carbonyl (C=O) groups excluding carboxylic acids is 1. The Morgan fingerprint density at radius 3 is 2.69 bits per heavy atom. The molecular weight excluding hydrogens is 223 g/mol. The zero-order valence-electron chi connectivity index (χ0n) is 8.76. The molecule has 0 aliphatic rings. The summed E-state index contributed by atoms with van der Waals surface area (Å²) in [4.78, 5) is 14.3. The van der Waals surface area contributed by atoms with Gasteiger partial charge in [-0.2, -0.15) is 4.39 Å². The highest BCUT2D eigenvalue weighted by Crippen LogP contribution is 2.27. The summed E-state index contributed by atoms with van der Waals surface area (Å²) in [7, 11) is 1.10. The molecule has 0 aliphatic carbocycles. The summed E-state index contributed by atoms with van der Waals surface area (Å²) >= 11 is 0. The first-order valence-corrected chi connectivity index (χ1v) is 4.46. The van der Waals surface area contributed by atoms with Crippen LogP contribution in [0, 0.1) is 12.9 Å². The summed E-state index contributed by atoms with van der Waals surface area (Å²) in [6.07, 6.45) is -2.38. The van der Waals surface area contributed by atoms with Crippen molar-refractivity contribution in [2.24, 2.45) is 0 Å². The monoisotopic (exact) mass is 233 g/mol. The normalized spacial score (nSPS) is 10.6. The maximum Gasteiger partial charge on any atom is 0.310 e. The second kappa shape index (κ2) is 4.96. The van der Waals surface area contributed by atoms with Gasteiger partial charge in [-0.15, -0.1) is 0 Å². The van der Waals surface area contributed by atoms with E-state index in [0.29, 0.717) is 0 Å². The van der Waals surface area contributed by atoms with E-state index < -0.39 is 35.9 Å². The summed E-state index contributed by atoms with van der Waals surface area (Å²) in [5.41, 5.74) is -0.741. The molecule has 1 rings (SSSR count). The van der Waals surface area contributed by atoms with E-state index in [0.717, 1.165) is 13.3 Å². The van der Waals surface area contributed by atoms with Crippen LogP contribution in [0.5, 0.6) is 0 Å². The van der Waals surface area contributed by atoms with E-state index in [1.807, 2.05) is 0 Å². The number of hydrogen-bond acceptors (Lipinski definition) is 3. The van der Waals surface area contributed by atoms with Crippen molar-refractivity contribution in [3.63, 3.8) is 0 Å². The Balaban J connectivity index is 3.23. The van der Waals surface area contributed by atoms with Crippen LogP contribution in [0.4, 0.5) is 13.2 Å². The molecule has 88 valence electrons. The van der Waals surface area contributed by atoms with Gasteiger partial charge in [0.2, 0.25) is 5.95 Å². The number of ether oxygens (including phenoxy) is 1. The van der Waals surface area contributed by atoms with E-state index in [1.54, 1.807) is 0 Å². The molecule has 0 atom stereocenters. The van der Waals surface area contributed by atoms with E-state index in [2.05, 4.69) is 9.72 Å². The Hall–Kier alpha value is -1.59. The van der Waals surface area contributed by atoms with Crippen LogP contribution in [0.25, 0.3) is 0 Å². The minimum atomic E-state index is -2.85. The lowest BCUT2D eigenvalue weighted by atomic mass is 10.0. The molecule has 0 saturated heterocycles. The van der Waals surface area contributed by atoms with Crippen molar-refractivity contribution in [3.05, 3.63) is 28.8 Å². The summed E-state index contributed by atoms with van der Waals surface area (Å²) in [5, 5.41) is 0. The average molecular weight is 233 g/mol. The van der Waals surface area contributed by atoms with Crippen molar-refractivity contribution >= 4 is 5.97 Å². The number of pyridine rings is 1. The first-order chi connectivity index (χ1) is 7.47. The van der Waals surface area contributed by atoms with Gasteiger partial charge in [-0.3, -0.25) is 4.79 Å². The molecule has 0 fully saturated rings. The zero-order chi connectivity index (χ0) is 12.3. The molecule has 1 heterocycles. The van der Waals surface area contributed by atoms with Crippen LogP contribution < -0.4 is 0 Å². The van der Waals surface area contributed by atoms with Gasteiger partial charge in [0.1, 0.15) is 0 Å². The number of rotatable bonds is 3. The first kappa shape index (κ1) is 12.5. The minimum Gasteiger partial charge on any atom is -0.469 e. The predicted molar refractivity (Wildman–Crippen MR) is 49.6 cm³/mol. The van der Waals surface area contributed by atoms with Crippen LogP contribution in [0.1, 0.15) is 23.1 Å². The van der Waals surface area contributed by atoms with Gasteiger partial charge in [-0.1, -0.05) is 0 Å². The van der Waals surface area contributed by atoms with Crippen molar-refractivity contribution in [2.75, 3.05) is 7.11 Å². The Bertz CT molecular complexity index is 407. The van der Waals surface area contributed by atoms with Gasteiger partial charge in [0.15, 0.2) is 0 Å². The fourth-order valence-corrected chi connectivity index (χ4v) is 1.34. The molecule has 1 aromatic heterocycles. The Morgan fingerprint density at radius 2 is 2.19 bits per heavy atom. The summed E-state index contributed by atoms with van der Waals surface area (Å²) in [5.74, 6) is -1.85. The molecule has 0 amide bonds. The molecule has 0 spiro atoms. The van der Waals surface area contributed by atoms with Crippen LogP contribution in [0.15, 0.2) is 6.20 Å². The molecule has 3 nitrogen and oxygen atoms in total. The van der Waals surface area contributed by atoms with Crippen LogP contribution >= 0.6 is 0 Å². The molecule has 0 aromatic carbocycles. The molecule has 0 aliphatic heterocycles. The number of carbonyl (C=O) groups is 1. The van der Waals surface area contributed by atoms with Gasteiger partial charge in [0, 0.05) is 17.3 Å². The lowest BCUT2D eigenvalue weighted by Gasteiger charge is -2.11. The topological polar surface area (TPSA) is 39.2 Å². The highest BCUT2D eigenvalue weighted by Gasteiger charge is 2.22. The lowest BCUT2D eigenvalue weighted by Crippen LogP contribution is -2.11. The van der Waals surface area contributed by atoms with Gasteiger partial charge < -0.3 is 4.74 Å². The second-order valence-electron chi connectivity index (χ2n) is 3.18. The zero-order valence-corrected chi connectivity index (χ0v) is 8.76. The average Bonchev–Trinajstić information content (AvgIpc) is 2.22. The quantitative estimate of drug-likeness (QED) is 0.593. The van der Waals surface area contributed by atoms with E-state index in [4.69, 9.17) is 0 Å². The fourth-order valence-electron chi connectivity index (χ4n) is 1.34. The number of esters is 1. The third kappa shape index (κ3) is 2.50. The maximum absolute atomic E-state index is 13.2.